The smallest absolute Gasteiger partial charge is 0.155 e. The Morgan fingerprint density at radius 2 is 1.27 bits per heavy atom. The Kier molecular flexibility index (Phi) is 7.24. The molecule has 0 unspecified atom stereocenters. The van der Waals surface area contributed by atoms with Crippen molar-refractivity contribution in [3.05, 3.63) is 12.2 Å². The zero-order valence-corrected chi connectivity index (χ0v) is 9.84. The SMILES string of the molecule is O=C1/C=C/CCCCCCCCCCC1. The van der Waals surface area contributed by atoms with Gasteiger partial charge in [0.1, 0.15) is 0 Å². The minimum atomic E-state index is 0.326. The normalized spacial score (nSPS) is 24.4. The maximum Gasteiger partial charge on any atom is 0.155 e. The molecule has 86 valence electrons. The molecule has 0 spiro atoms. The summed E-state index contributed by atoms with van der Waals surface area (Å²) < 4.78 is 0. The molecule has 0 fully saturated rings. The number of hydrogen-bond donors (Lipinski definition) is 0. The van der Waals surface area contributed by atoms with Crippen LogP contribution in [0.2, 0.25) is 0 Å². The van der Waals surface area contributed by atoms with E-state index in [2.05, 4.69) is 6.08 Å². The van der Waals surface area contributed by atoms with Gasteiger partial charge in [-0.05, 0) is 25.3 Å². The van der Waals surface area contributed by atoms with Crippen LogP contribution in [0.5, 0.6) is 0 Å². The Morgan fingerprint density at radius 3 is 1.93 bits per heavy atom. The third kappa shape index (κ3) is 7.35. The summed E-state index contributed by atoms with van der Waals surface area (Å²) in [4.78, 5) is 11.4. The number of rotatable bonds is 0. The van der Waals surface area contributed by atoms with Gasteiger partial charge in [-0.25, -0.2) is 0 Å². The molecule has 0 amide bonds. The second-order valence-corrected chi connectivity index (χ2v) is 4.59. The lowest BCUT2D eigenvalue weighted by Crippen LogP contribution is -1.93. The van der Waals surface area contributed by atoms with Gasteiger partial charge in [-0.15, -0.1) is 0 Å². The lowest BCUT2D eigenvalue weighted by atomic mass is 10.0. The molecule has 1 rings (SSSR count). The highest BCUT2D eigenvalue weighted by Crippen LogP contribution is 2.12. The predicted octanol–water partition coefficient (Wildman–Crippen LogP) is 4.42. The van der Waals surface area contributed by atoms with Crippen LogP contribution in [0.15, 0.2) is 12.2 Å². The molecule has 0 bridgehead atoms. The van der Waals surface area contributed by atoms with Crippen LogP contribution in [0.3, 0.4) is 0 Å². The van der Waals surface area contributed by atoms with Crippen molar-refractivity contribution in [2.45, 2.75) is 70.6 Å². The van der Waals surface area contributed by atoms with Gasteiger partial charge in [0.05, 0.1) is 0 Å². The van der Waals surface area contributed by atoms with Gasteiger partial charge >= 0.3 is 0 Å². The van der Waals surface area contributed by atoms with Crippen LogP contribution in [-0.2, 0) is 4.79 Å². The Balaban J connectivity index is 2.22. The molecule has 0 atom stereocenters. The van der Waals surface area contributed by atoms with Gasteiger partial charge in [0.15, 0.2) is 5.78 Å². The average Bonchev–Trinajstić information content (AvgIpc) is 2.24. The molecule has 0 aliphatic heterocycles. The summed E-state index contributed by atoms with van der Waals surface area (Å²) in [5.41, 5.74) is 0. The van der Waals surface area contributed by atoms with E-state index in [9.17, 15) is 4.79 Å². The predicted molar refractivity (Wildman–Crippen MR) is 64.9 cm³/mol. The van der Waals surface area contributed by atoms with Gasteiger partial charge in [0, 0.05) is 6.42 Å². The molecule has 0 radical (unpaired) electrons. The van der Waals surface area contributed by atoms with Gasteiger partial charge in [-0.3, -0.25) is 4.79 Å². The molecule has 0 aromatic rings. The van der Waals surface area contributed by atoms with Crippen LogP contribution >= 0.6 is 0 Å². The molecule has 1 nitrogen and oxygen atoms in total. The Hall–Kier alpha value is -0.590. The van der Waals surface area contributed by atoms with Gasteiger partial charge in [-0.1, -0.05) is 51.0 Å². The number of carbonyl (C=O) groups excluding carboxylic acids is 1. The summed E-state index contributed by atoms with van der Waals surface area (Å²) in [7, 11) is 0. The van der Waals surface area contributed by atoms with Crippen molar-refractivity contribution in [3.8, 4) is 0 Å². The lowest BCUT2D eigenvalue weighted by molar-refractivity contribution is -0.114. The first-order chi connectivity index (χ1) is 7.39. The van der Waals surface area contributed by atoms with Gasteiger partial charge in [0.25, 0.3) is 0 Å². The van der Waals surface area contributed by atoms with Crippen LogP contribution in [0.1, 0.15) is 70.6 Å². The highest BCUT2D eigenvalue weighted by molar-refractivity contribution is 5.89. The molecule has 1 aliphatic rings. The second-order valence-electron chi connectivity index (χ2n) is 4.59. The number of ketones is 1. The van der Waals surface area contributed by atoms with Crippen molar-refractivity contribution in [1.82, 2.24) is 0 Å². The molecule has 0 saturated heterocycles. The van der Waals surface area contributed by atoms with E-state index in [-0.39, 0.29) is 0 Å². The molecule has 15 heavy (non-hydrogen) atoms. The first-order valence-corrected chi connectivity index (χ1v) is 6.59. The van der Waals surface area contributed by atoms with E-state index in [1.807, 2.05) is 0 Å². The molecule has 1 heteroatoms. The van der Waals surface area contributed by atoms with Crippen molar-refractivity contribution in [3.63, 3.8) is 0 Å². The summed E-state index contributed by atoms with van der Waals surface area (Å²) in [6.07, 6.45) is 17.5. The molecule has 0 saturated carbocycles. The number of carbonyl (C=O) groups is 1. The second kappa shape index (κ2) is 8.70. The van der Waals surface area contributed by atoms with E-state index < -0.39 is 0 Å². The fraction of sp³-hybridized carbons (Fsp3) is 0.786. The van der Waals surface area contributed by atoms with Gasteiger partial charge < -0.3 is 0 Å². The maximum absolute atomic E-state index is 11.4. The fourth-order valence-corrected chi connectivity index (χ4v) is 2.10. The monoisotopic (exact) mass is 208 g/mol. The highest BCUT2D eigenvalue weighted by atomic mass is 16.1. The summed E-state index contributed by atoms with van der Waals surface area (Å²) >= 11 is 0. The van der Waals surface area contributed by atoms with E-state index in [1.54, 1.807) is 6.08 Å². The summed E-state index contributed by atoms with van der Waals surface area (Å²) in [5.74, 6) is 0.326. The highest BCUT2D eigenvalue weighted by Gasteiger charge is 1.98. The summed E-state index contributed by atoms with van der Waals surface area (Å²) in [6, 6.07) is 0. The summed E-state index contributed by atoms with van der Waals surface area (Å²) in [5, 5.41) is 0. The van der Waals surface area contributed by atoms with E-state index in [0.717, 1.165) is 19.3 Å². The Morgan fingerprint density at radius 1 is 0.733 bits per heavy atom. The topological polar surface area (TPSA) is 17.1 Å². The first kappa shape index (κ1) is 12.5. The Labute approximate surface area is 93.9 Å². The van der Waals surface area contributed by atoms with Crippen molar-refractivity contribution in [2.75, 3.05) is 0 Å². The van der Waals surface area contributed by atoms with E-state index in [1.165, 1.54) is 51.4 Å². The zero-order chi connectivity index (χ0) is 10.8. The molecule has 0 N–H and O–H groups in total. The van der Waals surface area contributed by atoms with Crippen molar-refractivity contribution in [2.24, 2.45) is 0 Å². The molecule has 0 aromatic heterocycles. The minimum absolute atomic E-state index is 0.326. The molecule has 1 aliphatic carbocycles. The molecular weight excluding hydrogens is 184 g/mol. The van der Waals surface area contributed by atoms with Crippen molar-refractivity contribution >= 4 is 5.78 Å². The van der Waals surface area contributed by atoms with Crippen LogP contribution in [-0.4, -0.2) is 5.78 Å². The quantitative estimate of drug-likeness (QED) is 0.576. The third-order valence-corrected chi connectivity index (χ3v) is 3.10. The zero-order valence-electron chi connectivity index (χ0n) is 9.84. The van der Waals surface area contributed by atoms with E-state index >= 15 is 0 Å². The van der Waals surface area contributed by atoms with Crippen molar-refractivity contribution < 1.29 is 4.79 Å². The van der Waals surface area contributed by atoms with Crippen LogP contribution in [0, 0.1) is 0 Å². The fourth-order valence-electron chi connectivity index (χ4n) is 2.10. The van der Waals surface area contributed by atoms with Crippen LogP contribution in [0.4, 0.5) is 0 Å². The summed E-state index contributed by atoms with van der Waals surface area (Å²) in [6.45, 7) is 0. The minimum Gasteiger partial charge on any atom is -0.295 e. The average molecular weight is 208 g/mol. The molecular formula is C14H24O. The first-order valence-electron chi connectivity index (χ1n) is 6.59. The lowest BCUT2D eigenvalue weighted by Gasteiger charge is -2.02. The van der Waals surface area contributed by atoms with Gasteiger partial charge in [-0.2, -0.15) is 0 Å². The molecule has 0 heterocycles. The van der Waals surface area contributed by atoms with Crippen molar-refractivity contribution in [1.29, 1.82) is 0 Å². The third-order valence-electron chi connectivity index (χ3n) is 3.10. The largest absolute Gasteiger partial charge is 0.295 e. The number of hydrogen-bond acceptors (Lipinski definition) is 1. The van der Waals surface area contributed by atoms with Crippen LogP contribution in [0.25, 0.3) is 0 Å². The molecule has 0 aromatic carbocycles. The maximum atomic E-state index is 11.4. The Bertz CT molecular complexity index is 194. The van der Waals surface area contributed by atoms with Crippen LogP contribution < -0.4 is 0 Å². The van der Waals surface area contributed by atoms with E-state index in [0.29, 0.717) is 5.78 Å². The standard InChI is InChI=1S/C14H24O/c15-14-12-10-8-6-4-2-1-3-5-7-9-11-13-14/h10,12H,1-9,11,13H2/b12-10+. The van der Waals surface area contributed by atoms with Gasteiger partial charge in [0.2, 0.25) is 0 Å². The van der Waals surface area contributed by atoms with E-state index in [4.69, 9.17) is 0 Å². The number of allylic oxidation sites excluding steroid dienone is 2.